The summed E-state index contributed by atoms with van der Waals surface area (Å²) < 4.78 is 27.1. The fraction of sp³-hybridized carbons (Fsp3) is 0.304. The van der Waals surface area contributed by atoms with Crippen LogP contribution in [0.3, 0.4) is 0 Å². The number of hydrogen-bond donors (Lipinski definition) is 1. The fourth-order valence-electron chi connectivity index (χ4n) is 3.58. The van der Waals surface area contributed by atoms with E-state index in [9.17, 15) is 23.5 Å². The highest BCUT2D eigenvalue weighted by Crippen LogP contribution is 2.39. The molecular weight excluding hydrogens is 376 g/mol. The summed E-state index contributed by atoms with van der Waals surface area (Å²) in [5, 5.41) is 10.9. The van der Waals surface area contributed by atoms with Crippen LogP contribution in [-0.2, 0) is 9.59 Å². The summed E-state index contributed by atoms with van der Waals surface area (Å²) in [4.78, 5) is 26.9. The van der Waals surface area contributed by atoms with Crippen molar-refractivity contribution in [2.24, 2.45) is 0 Å². The molecule has 0 bridgehead atoms. The van der Waals surface area contributed by atoms with E-state index in [4.69, 9.17) is 0 Å². The number of nitrogens with zero attached hydrogens (tertiary/aromatic N) is 1. The number of rotatable bonds is 6. The maximum absolute atomic E-state index is 13.6. The molecule has 1 aliphatic rings. The zero-order valence-corrected chi connectivity index (χ0v) is 16.4. The summed E-state index contributed by atoms with van der Waals surface area (Å²) >= 11 is 0. The molecule has 0 aliphatic carbocycles. The lowest BCUT2D eigenvalue weighted by molar-refractivity contribution is -0.139. The SMILES string of the molecule is CCCCCN1C(=O)C(=O)/C(=C(\O)c2ccc(F)c(C)c2)C1c1ccc(F)cc1. The Bertz CT molecular complexity index is 967. The van der Waals surface area contributed by atoms with Gasteiger partial charge in [-0.25, -0.2) is 8.78 Å². The maximum Gasteiger partial charge on any atom is 0.295 e. The second kappa shape index (κ2) is 8.55. The van der Waals surface area contributed by atoms with Crippen LogP contribution in [0.2, 0.25) is 0 Å². The van der Waals surface area contributed by atoms with Gasteiger partial charge >= 0.3 is 0 Å². The average Bonchev–Trinajstić information content (AvgIpc) is 2.95. The van der Waals surface area contributed by atoms with E-state index in [0.717, 1.165) is 12.8 Å². The molecule has 0 spiro atoms. The number of ketones is 1. The number of carbonyl (C=O) groups is 2. The van der Waals surface area contributed by atoms with Gasteiger partial charge in [0.15, 0.2) is 0 Å². The summed E-state index contributed by atoms with van der Waals surface area (Å²) in [7, 11) is 0. The number of aliphatic hydroxyl groups excluding tert-OH is 1. The molecule has 1 saturated heterocycles. The Morgan fingerprint density at radius 3 is 2.38 bits per heavy atom. The van der Waals surface area contributed by atoms with Crippen LogP contribution in [0.4, 0.5) is 8.78 Å². The van der Waals surface area contributed by atoms with Crippen molar-refractivity contribution in [1.82, 2.24) is 4.90 Å². The number of benzene rings is 2. The average molecular weight is 399 g/mol. The molecule has 0 aromatic heterocycles. The van der Waals surface area contributed by atoms with E-state index in [2.05, 4.69) is 0 Å². The topological polar surface area (TPSA) is 57.6 Å². The van der Waals surface area contributed by atoms with Crippen molar-refractivity contribution in [3.63, 3.8) is 0 Å². The minimum Gasteiger partial charge on any atom is -0.507 e. The summed E-state index contributed by atoms with van der Waals surface area (Å²) in [5.74, 6) is -2.73. The predicted octanol–water partition coefficient (Wildman–Crippen LogP) is 4.89. The van der Waals surface area contributed by atoms with E-state index < -0.39 is 29.4 Å². The maximum atomic E-state index is 13.6. The lowest BCUT2D eigenvalue weighted by Crippen LogP contribution is -2.30. The first-order valence-corrected chi connectivity index (χ1v) is 9.65. The molecule has 1 fully saturated rings. The molecule has 1 heterocycles. The van der Waals surface area contributed by atoms with Crippen molar-refractivity contribution in [3.8, 4) is 0 Å². The summed E-state index contributed by atoms with van der Waals surface area (Å²) in [6.45, 7) is 3.93. The van der Waals surface area contributed by atoms with Crippen LogP contribution >= 0.6 is 0 Å². The van der Waals surface area contributed by atoms with E-state index in [1.165, 1.54) is 47.4 Å². The highest BCUT2D eigenvalue weighted by Gasteiger charge is 2.45. The molecule has 152 valence electrons. The van der Waals surface area contributed by atoms with Crippen LogP contribution < -0.4 is 0 Å². The Morgan fingerprint density at radius 1 is 1.07 bits per heavy atom. The van der Waals surface area contributed by atoms with Crippen molar-refractivity contribution in [2.45, 2.75) is 39.2 Å². The molecule has 1 atom stereocenters. The number of halogens is 2. The zero-order valence-electron chi connectivity index (χ0n) is 16.4. The summed E-state index contributed by atoms with van der Waals surface area (Å²) in [5.41, 5.74) is 1.03. The quantitative estimate of drug-likeness (QED) is 0.326. The van der Waals surface area contributed by atoms with Gasteiger partial charge in [0.2, 0.25) is 0 Å². The third kappa shape index (κ3) is 4.06. The van der Waals surface area contributed by atoms with Crippen molar-refractivity contribution in [2.75, 3.05) is 6.54 Å². The molecule has 1 N–H and O–H groups in total. The lowest BCUT2D eigenvalue weighted by atomic mass is 9.94. The molecule has 29 heavy (non-hydrogen) atoms. The van der Waals surface area contributed by atoms with Crippen LogP contribution in [0.25, 0.3) is 5.76 Å². The van der Waals surface area contributed by atoms with Gasteiger partial charge in [-0.1, -0.05) is 31.9 Å². The van der Waals surface area contributed by atoms with Gasteiger partial charge in [0, 0.05) is 12.1 Å². The number of aryl methyl sites for hydroxylation is 1. The van der Waals surface area contributed by atoms with Gasteiger partial charge in [-0.3, -0.25) is 9.59 Å². The van der Waals surface area contributed by atoms with Gasteiger partial charge in [0.1, 0.15) is 17.4 Å². The van der Waals surface area contributed by atoms with Crippen molar-refractivity contribution >= 4 is 17.4 Å². The largest absolute Gasteiger partial charge is 0.507 e. The van der Waals surface area contributed by atoms with Crippen LogP contribution in [0.5, 0.6) is 0 Å². The Labute approximate surface area is 168 Å². The number of likely N-dealkylation sites (tertiary alicyclic amines) is 1. The number of Topliss-reactive ketones (excluding diaryl/α,β-unsaturated/α-hetero) is 1. The number of unbranched alkanes of at least 4 members (excludes halogenated alkanes) is 2. The Balaban J connectivity index is 2.13. The van der Waals surface area contributed by atoms with Gasteiger partial charge < -0.3 is 10.0 Å². The van der Waals surface area contributed by atoms with Crippen LogP contribution in [-0.4, -0.2) is 28.2 Å². The molecule has 1 aliphatic heterocycles. The van der Waals surface area contributed by atoms with Gasteiger partial charge in [-0.15, -0.1) is 0 Å². The number of amides is 1. The smallest absolute Gasteiger partial charge is 0.295 e. The van der Waals surface area contributed by atoms with E-state index in [1.54, 1.807) is 6.92 Å². The van der Waals surface area contributed by atoms with Gasteiger partial charge in [-0.05, 0) is 54.8 Å². The second-order valence-corrected chi connectivity index (χ2v) is 7.22. The Morgan fingerprint density at radius 2 is 1.76 bits per heavy atom. The molecule has 4 nitrogen and oxygen atoms in total. The van der Waals surface area contributed by atoms with Crippen LogP contribution in [0, 0.1) is 18.6 Å². The van der Waals surface area contributed by atoms with E-state index in [0.29, 0.717) is 24.1 Å². The predicted molar refractivity (Wildman–Crippen MR) is 106 cm³/mol. The van der Waals surface area contributed by atoms with Gasteiger partial charge in [-0.2, -0.15) is 0 Å². The Hall–Kier alpha value is -3.02. The Kier molecular flexibility index (Phi) is 6.11. The first-order valence-electron chi connectivity index (χ1n) is 9.65. The molecule has 2 aromatic carbocycles. The normalized spacial score (nSPS) is 18.5. The van der Waals surface area contributed by atoms with Crippen LogP contribution in [0.1, 0.15) is 48.9 Å². The highest BCUT2D eigenvalue weighted by molar-refractivity contribution is 6.46. The monoisotopic (exact) mass is 399 g/mol. The van der Waals surface area contributed by atoms with E-state index in [-0.39, 0.29) is 16.9 Å². The number of hydrogen-bond acceptors (Lipinski definition) is 3. The zero-order chi connectivity index (χ0) is 21.1. The van der Waals surface area contributed by atoms with E-state index in [1.807, 2.05) is 6.92 Å². The first kappa shape index (κ1) is 20.7. The molecule has 6 heteroatoms. The number of aliphatic hydroxyl groups is 1. The van der Waals surface area contributed by atoms with E-state index >= 15 is 0 Å². The van der Waals surface area contributed by atoms with Crippen LogP contribution in [0.15, 0.2) is 48.0 Å². The molecular formula is C23H23F2NO3. The summed E-state index contributed by atoms with van der Waals surface area (Å²) in [6.07, 6.45) is 2.53. The third-order valence-electron chi connectivity index (χ3n) is 5.16. The van der Waals surface area contributed by atoms with Crippen molar-refractivity contribution in [1.29, 1.82) is 0 Å². The first-order chi connectivity index (χ1) is 13.8. The van der Waals surface area contributed by atoms with Gasteiger partial charge in [0.25, 0.3) is 11.7 Å². The summed E-state index contributed by atoms with van der Waals surface area (Å²) in [6, 6.07) is 8.68. The van der Waals surface area contributed by atoms with Crippen molar-refractivity contribution in [3.05, 3.63) is 76.4 Å². The minimum atomic E-state index is -0.821. The number of carbonyl (C=O) groups excluding carboxylic acids is 2. The lowest BCUT2D eigenvalue weighted by Gasteiger charge is -2.25. The van der Waals surface area contributed by atoms with Gasteiger partial charge in [0.05, 0.1) is 11.6 Å². The molecule has 0 saturated carbocycles. The van der Waals surface area contributed by atoms with Crippen molar-refractivity contribution < 1.29 is 23.5 Å². The molecule has 3 rings (SSSR count). The fourth-order valence-corrected chi connectivity index (χ4v) is 3.58. The molecule has 1 unspecified atom stereocenters. The second-order valence-electron chi connectivity index (χ2n) is 7.22. The molecule has 0 radical (unpaired) electrons. The third-order valence-corrected chi connectivity index (χ3v) is 5.16. The molecule has 1 amide bonds. The molecule has 2 aromatic rings. The standard InChI is InChI=1S/C23H23F2NO3/c1-3-4-5-12-26-20(15-6-9-17(24)10-7-15)19(22(28)23(26)29)21(27)16-8-11-18(25)14(2)13-16/h6-11,13,20,27H,3-5,12H2,1-2H3/b21-19-. The minimum absolute atomic E-state index is 0.0656. The highest BCUT2D eigenvalue weighted by atomic mass is 19.1.